The van der Waals surface area contributed by atoms with Crippen LogP contribution in [0.4, 0.5) is 11.4 Å². The first-order chi connectivity index (χ1) is 8.74. The maximum Gasteiger partial charge on any atom is 0.143 e. The summed E-state index contributed by atoms with van der Waals surface area (Å²) in [4.78, 5) is 2.33. The molecule has 0 radical (unpaired) electrons. The Hall–Kier alpha value is -1.96. The van der Waals surface area contributed by atoms with Crippen molar-refractivity contribution in [1.82, 2.24) is 0 Å². The molecule has 0 saturated heterocycles. The fraction of sp³-hybridized carbons (Fsp3) is 0.250. The quantitative estimate of drug-likeness (QED) is 0.749. The molecule has 2 heteroatoms. The number of aryl methyl sites for hydroxylation is 2. The Morgan fingerprint density at radius 2 is 1.72 bits per heavy atom. The number of anilines is 2. The molecule has 2 nitrogen and oxygen atoms in total. The van der Waals surface area contributed by atoms with Gasteiger partial charge in [-0.05, 0) is 49.2 Å². The second-order valence-corrected chi connectivity index (χ2v) is 4.81. The van der Waals surface area contributed by atoms with Gasteiger partial charge in [0.15, 0.2) is 0 Å². The molecule has 0 amide bonds. The molecule has 0 bridgehead atoms. The third kappa shape index (κ3) is 1.94. The molecular formula is C16H17NO. The Bertz CT molecular complexity index is 557. The van der Waals surface area contributed by atoms with E-state index in [0.29, 0.717) is 0 Å². The number of rotatable bonds is 1. The number of para-hydroxylation sites is 2. The van der Waals surface area contributed by atoms with Gasteiger partial charge in [-0.25, -0.2) is 0 Å². The summed E-state index contributed by atoms with van der Waals surface area (Å²) in [7, 11) is 0. The summed E-state index contributed by atoms with van der Waals surface area (Å²) in [5.41, 5.74) is 5.01. The zero-order valence-corrected chi connectivity index (χ0v) is 10.8. The molecule has 1 aliphatic rings. The summed E-state index contributed by atoms with van der Waals surface area (Å²) in [6, 6.07) is 14.9. The standard InChI is InChI=1S/C16H17NO/c1-12-9-13(2)11-14(10-12)17-7-8-18-16-6-4-3-5-15(16)17/h3-6,9-11H,7-8H2,1-2H3. The minimum Gasteiger partial charge on any atom is -0.490 e. The van der Waals surface area contributed by atoms with Crippen LogP contribution in [0.3, 0.4) is 0 Å². The van der Waals surface area contributed by atoms with Crippen LogP contribution < -0.4 is 9.64 Å². The largest absolute Gasteiger partial charge is 0.490 e. The molecule has 0 fully saturated rings. The van der Waals surface area contributed by atoms with E-state index in [1.165, 1.54) is 16.8 Å². The fourth-order valence-electron chi connectivity index (χ4n) is 2.54. The molecule has 0 saturated carbocycles. The number of fused-ring (bicyclic) bond motifs is 1. The van der Waals surface area contributed by atoms with E-state index in [2.05, 4.69) is 49.1 Å². The average molecular weight is 239 g/mol. The monoisotopic (exact) mass is 239 g/mol. The van der Waals surface area contributed by atoms with Crippen molar-refractivity contribution in [2.75, 3.05) is 18.1 Å². The van der Waals surface area contributed by atoms with Gasteiger partial charge in [0.1, 0.15) is 12.4 Å². The molecule has 1 aliphatic heterocycles. The first-order valence-electron chi connectivity index (χ1n) is 6.32. The topological polar surface area (TPSA) is 12.5 Å². The molecule has 2 aromatic rings. The van der Waals surface area contributed by atoms with E-state index >= 15 is 0 Å². The maximum absolute atomic E-state index is 5.69. The van der Waals surface area contributed by atoms with Gasteiger partial charge in [-0.15, -0.1) is 0 Å². The zero-order chi connectivity index (χ0) is 12.5. The van der Waals surface area contributed by atoms with Gasteiger partial charge in [-0.2, -0.15) is 0 Å². The van der Waals surface area contributed by atoms with Crippen molar-refractivity contribution in [2.45, 2.75) is 13.8 Å². The second-order valence-electron chi connectivity index (χ2n) is 4.81. The van der Waals surface area contributed by atoms with Crippen LogP contribution in [-0.4, -0.2) is 13.2 Å². The van der Waals surface area contributed by atoms with Crippen LogP contribution in [-0.2, 0) is 0 Å². The molecule has 2 aromatic carbocycles. The van der Waals surface area contributed by atoms with Crippen LogP contribution in [0.5, 0.6) is 5.75 Å². The van der Waals surface area contributed by atoms with Gasteiger partial charge in [0.25, 0.3) is 0 Å². The highest BCUT2D eigenvalue weighted by Gasteiger charge is 2.18. The second kappa shape index (κ2) is 4.37. The molecule has 0 unspecified atom stereocenters. The van der Waals surface area contributed by atoms with E-state index in [0.717, 1.165) is 24.6 Å². The van der Waals surface area contributed by atoms with Gasteiger partial charge < -0.3 is 9.64 Å². The summed E-state index contributed by atoms with van der Waals surface area (Å²) in [6.07, 6.45) is 0. The SMILES string of the molecule is Cc1cc(C)cc(N2CCOc3ccccc32)c1. The summed E-state index contributed by atoms with van der Waals surface area (Å²) in [6.45, 7) is 5.93. The zero-order valence-electron chi connectivity index (χ0n) is 10.8. The number of nitrogens with zero attached hydrogens (tertiary/aromatic N) is 1. The van der Waals surface area contributed by atoms with Crippen LogP contribution in [0.15, 0.2) is 42.5 Å². The summed E-state index contributed by atoms with van der Waals surface area (Å²) < 4.78 is 5.69. The van der Waals surface area contributed by atoms with Crippen molar-refractivity contribution in [3.63, 3.8) is 0 Å². The van der Waals surface area contributed by atoms with E-state index in [1.54, 1.807) is 0 Å². The van der Waals surface area contributed by atoms with E-state index in [4.69, 9.17) is 4.74 Å². The molecule has 3 rings (SSSR count). The Morgan fingerprint density at radius 1 is 1.00 bits per heavy atom. The number of ether oxygens (including phenoxy) is 1. The third-order valence-electron chi connectivity index (χ3n) is 3.25. The van der Waals surface area contributed by atoms with Crippen LogP contribution >= 0.6 is 0 Å². The lowest BCUT2D eigenvalue weighted by Gasteiger charge is -2.31. The highest BCUT2D eigenvalue weighted by Crippen LogP contribution is 2.36. The van der Waals surface area contributed by atoms with Gasteiger partial charge in [-0.1, -0.05) is 18.2 Å². The smallest absolute Gasteiger partial charge is 0.143 e. The molecular weight excluding hydrogens is 222 g/mol. The van der Waals surface area contributed by atoms with Gasteiger partial charge in [0.05, 0.1) is 12.2 Å². The van der Waals surface area contributed by atoms with Crippen molar-refractivity contribution in [1.29, 1.82) is 0 Å². The fourth-order valence-corrected chi connectivity index (χ4v) is 2.54. The van der Waals surface area contributed by atoms with Crippen molar-refractivity contribution in [3.8, 4) is 5.75 Å². The van der Waals surface area contributed by atoms with Crippen LogP contribution in [0.2, 0.25) is 0 Å². The summed E-state index contributed by atoms with van der Waals surface area (Å²) in [5, 5.41) is 0. The number of hydrogen-bond acceptors (Lipinski definition) is 2. The Labute approximate surface area is 108 Å². The van der Waals surface area contributed by atoms with E-state index in [1.807, 2.05) is 12.1 Å². The lowest BCUT2D eigenvalue weighted by molar-refractivity contribution is 0.314. The average Bonchev–Trinajstić information content (AvgIpc) is 2.37. The lowest BCUT2D eigenvalue weighted by atomic mass is 10.1. The third-order valence-corrected chi connectivity index (χ3v) is 3.25. The molecule has 92 valence electrons. The molecule has 1 heterocycles. The van der Waals surface area contributed by atoms with Crippen molar-refractivity contribution >= 4 is 11.4 Å². The number of benzene rings is 2. The van der Waals surface area contributed by atoms with Crippen LogP contribution in [0, 0.1) is 13.8 Å². The Morgan fingerprint density at radius 3 is 2.50 bits per heavy atom. The van der Waals surface area contributed by atoms with Crippen molar-refractivity contribution in [2.24, 2.45) is 0 Å². The normalized spacial score (nSPS) is 14.0. The molecule has 0 spiro atoms. The first-order valence-corrected chi connectivity index (χ1v) is 6.32. The van der Waals surface area contributed by atoms with Crippen molar-refractivity contribution < 1.29 is 4.74 Å². The molecule has 0 aliphatic carbocycles. The Balaban J connectivity index is 2.08. The highest BCUT2D eigenvalue weighted by atomic mass is 16.5. The highest BCUT2D eigenvalue weighted by molar-refractivity contribution is 5.71. The molecule has 18 heavy (non-hydrogen) atoms. The Kier molecular flexibility index (Phi) is 2.71. The first kappa shape index (κ1) is 11.1. The van der Waals surface area contributed by atoms with E-state index < -0.39 is 0 Å². The van der Waals surface area contributed by atoms with Crippen LogP contribution in [0.1, 0.15) is 11.1 Å². The minimum atomic E-state index is 0.740. The summed E-state index contributed by atoms with van der Waals surface area (Å²) >= 11 is 0. The van der Waals surface area contributed by atoms with E-state index in [9.17, 15) is 0 Å². The predicted molar refractivity (Wildman–Crippen MR) is 74.9 cm³/mol. The number of hydrogen-bond donors (Lipinski definition) is 0. The van der Waals surface area contributed by atoms with Gasteiger partial charge in [0, 0.05) is 5.69 Å². The van der Waals surface area contributed by atoms with Gasteiger partial charge >= 0.3 is 0 Å². The summed E-state index contributed by atoms with van der Waals surface area (Å²) in [5.74, 6) is 0.975. The van der Waals surface area contributed by atoms with Crippen molar-refractivity contribution in [3.05, 3.63) is 53.6 Å². The molecule has 0 atom stereocenters. The lowest BCUT2D eigenvalue weighted by Crippen LogP contribution is -2.28. The van der Waals surface area contributed by atoms with E-state index in [-0.39, 0.29) is 0 Å². The van der Waals surface area contributed by atoms with Crippen LogP contribution in [0.25, 0.3) is 0 Å². The van der Waals surface area contributed by atoms with Gasteiger partial charge in [0.2, 0.25) is 0 Å². The maximum atomic E-state index is 5.69. The molecule has 0 N–H and O–H groups in total. The molecule has 0 aromatic heterocycles. The van der Waals surface area contributed by atoms with Gasteiger partial charge in [-0.3, -0.25) is 0 Å². The minimum absolute atomic E-state index is 0.740. The predicted octanol–water partition coefficient (Wildman–Crippen LogP) is 3.83.